The summed E-state index contributed by atoms with van der Waals surface area (Å²) in [6.45, 7) is 0. The first-order valence-corrected chi connectivity index (χ1v) is 0. The van der Waals surface area contributed by atoms with Gasteiger partial charge in [0.2, 0.25) is 0 Å². The molecule has 0 saturated heterocycles. The zero-order valence-corrected chi connectivity index (χ0v) is 7.64. The van der Waals surface area contributed by atoms with Crippen LogP contribution in [0.4, 0.5) is 0 Å². The monoisotopic (exact) mass is 335 g/mol. The Balaban J connectivity index is 0. The summed E-state index contributed by atoms with van der Waals surface area (Å²) >= 11 is 0. The van der Waals surface area contributed by atoms with Gasteiger partial charge in [-0.25, -0.2) is 0 Å². The molecule has 0 aliphatic heterocycles. The molecule has 6 nitrogen and oxygen atoms in total. The van der Waals surface area contributed by atoms with E-state index in [1.54, 1.807) is 0 Å². The van der Waals surface area contributed by atoms with E-state index in [0.717, 1.165) is 0 Å². The van der Waals surface area contributed by atoms with Gasteiger partial charge in [-0.15, -0.1) is 12.4 Å². The predicted molar refractivity (Wildman–Crippen MR) is 34.6 cm³/mol. The maximum absolute atomic E-state index is 0. The van der Waals surface area contributed by atoms with Gasteiger partial charge in [0.05, 0.1) is 0 Å². The van der Waals surface area contributed by atoms with Crippen LogP contribution in [0, 0.1) is 0 Å². The first-order valence-electron chi connectivity index (χ1n) is 0. The van der Waals surface area contributed by atoms with E-state index >= 15 is 0 Å². The Bertz CT molecular complexity index is 14.0. The Kier molecular flexibility index (Phi) is 77300. The Morgan fingerprint density at radius 2 is 0.500 bits per heavy atom. The molecule has 0 amide bonds. The summed E-state index contributed by atoms with van der Waals surface area (Å²) in [7, 11) is 0. The van der Waals surface area contributed by atoms with Crippen LogP contribution in [0.25, 0.3) is 0 Å². The third kappa shape index (κ3) is 407. The standard InChI is InChI=1S/ClH.4H3N.2H2O.Pt/h1H;4*1H3;2*1H2;. The molecule has 0 aliphatic rings. The fraction of sp³-hybridized carbons (Fsp3) is 0. The van der Waals surface area contributed by atoms with Crippen molar-refractivity contribution in [3.8, 4) is 0 Å². The molecule has 0 heterocycles. The van der Waals surface area contributed by atoms with Crippen molar-refractivity contribution in [3.63, 3.8) is 0 Å². The topological polar surface area (TPSA) is 203 Å². The Labute approximate surface area is 69.4 Å². The second-order valence-electron chi connectivity index (χ2n) is 0. The largest absolute Gasteiger partial charge is 0.412 e. The molecule has 0 aromatic carbocycles. The summed E-state index contributed by atoms with van der Waals surface area (Å²) in [6, 6.07) is 0. The molecular weight excluding hydrogens is 319 g/mol. The molecule has 0 saturated carbocycles. The van der Waals surface area contributed by atoms with Gasteiger partial charge in [0.1, 0.15) is 0 Å². The molecule has 16 N–H and O–H groups in total. The molecule has 0 fully saturated rings. The molecule has 0 aliphatic carbocycles. The summed E-state index contributed by atoms with van der Waals surface area (Å²) in [6.07, 6.45) is 0. The van der Waals surface area contributed by atoms with Crippen molar-refractivity contribution in [1.29, 1.82) is 0 Å². The van der Waals surface area contributed by atoms with E-state index in [1.165, 1.54) is 0 Å². The molecule has 0 spiro atoms. The van der Waals surface area contributed by atoms with E-state index < -0.39 is 0 Å². The van der Waals surface area contributed by atoms with Crippen LogP contribution in [-0.4, -0.2) is 11.0 Å². The van der Waals surface area contributed by atoms with E-state index in [1.807, 2.05) is 0 Å². The molecule has 0 unspecified atom stereocenters. The van der Waals surface area contributed by atoms with E-state index in [9.17, 15) is 0 Å². The van der Waals surface area contributed by atoms with E-state index in [-0.39, 0.29) is 69.0 Å². The summed E-state index contributed by atoms with van der Waals surface area (Å²) in [5.41, 5.74) is 0. The van der Waals surface area contributed by atoms with Gasteiger partial charge in [0.25, 0.3) is 0 Å². The van der Waals surface area contributed by atoms with Crippen molar-refractivity contribution >= 4 is 12.4 Å². The van der Waals surface area contributed by atoms with Crippen LogP contribution in [0.2, 0.25) is 0 Å². The van der Waals surface area contributed by atoms with Crippen LogP contribution in [0.3, 0.4) is 0 Å². The molecule has 0 aromatic rings. The summed E-state index contributed by atoms with van der Waals surface area (Å²) in [5, 5.41) is 0. The fourth-order valence-corrected chi connectivity index (χ4v) is 0. The van der Waals surface area contributed by atoms with Crippen LogP contribution in [0.1, 0.15) is 0 Å². The van der Waals surface area contributed by atoms with Crippen molar-refractivity contribution in [2.24, 2.45) is 0 Å². The van der Waals surface area contributed by atoms with Crippen LogP contribution < -0.4 is 24.6 Å². The maximum Gasteiger partial charge on any atom is 0 e. The van der Waals surface area contributed by atoms with Crippen molar-refractivity contribution in [2.75, 3.05) is 0 Å². The van der Waals surface area contributed by atoms with Crippen molar-refractivity contribution in [1.82, 2.24) is 24.6 Å². The van der Waals surface area contributed by atoms with Crippen LogP contribution in [-0.2, 0) is 21.1 Å². The third-order valence-electron chi connectivity index (χ3n) is 0. The molecule has 0 atom stereocenters. The first-order chi connectivity index (χ1) is 0. The quantitative estimate of drug-likeness (QED) is 0.458. The van der Waals surface area contributed by atoms with E-state index in [2.05, 4.69) is 0 Å². The first kappa shape index (κ1) is 960. The fourth-order valence-electron chi connectivity index (χ4n) is 0. The zero-order valence-electron chi connectivity index (χ0n) is 4.55. The number of hydrogen-bond donors (Lipinski definition) is 4. The minimum Gasteiger partial charge on any atom is -0.412 e. The van der Waals surface area contributed by atoms with E-state index in [4.69, 9.17) is 0 Å². The Morgan fingerprint density at radius 1 is 0.500 bits per heavy atom. The van der Waals surface area contributed by atoms with Gasteiger partial charge in [-0.2, -0.15) is 0 Å². The van der Waals surface area contributed by atoms with E-state index in [0.29, 0.717) is 0 Å². The zero-order chi connectivity index (χ0) is 0. The molecule has 0 rings (SSSR count). The molecule has 0 bridgehead atoms. The number of hydrogen-bond acceptors (Lipinski definition) is 4. The van der Waals surface area contributed by atoms with Gasteiger partial charge in [-0.1, -0.05) is 0 Å². The second-order valence-corrected chi connectivity index (χ2v) is 0. The minimum absolute atomic E-state index is 0. The van der Waals surface area contributed by atoms with Crippen LogP contribution >= 0.6 is 12.4 Å². The van der Waals surface area contributed by atoms with Crippen molar-refractivity contribution in [3.05, 3.63) is 0 Å². The maximum atomic E-state index is 0. The second kappa shape index (κ2) is 645. The minimum atomic E-state index is 0. The molecule has 66 valence electrons. The molecule has 0 radical (unpaired) electrons. The van der Waals surface area contributed by atoms with Gasteiger partial charge < -0.3 is 35.6 Å². The third-order valence-corrected chi connectivity index (χ3v) is 0. The molecule has 8 heteroatoms. The van der Waals surface area contributed by atoms with Gasteiger partial charge >= 0.3 is 0 Å². The average molecular weight is 336 g/mol. The number of rotatable bonds is 0. The average Bonchev–Trinajstić information content (AvgIpc) is 0. The molecular formula is H17ClN4O2Pt. The van der Waals surface area contributed by atoms with Crippen LogP contribution in [0.5, 0.6) is 0 Å². The predicted octanol–water partition coefficient (Wildman–Crippen LogP) is -0.582. The molecule has 8 heavy (non-hydrogen) atoms. The summed E-state index contributed by atoms with van der Waals surface area (Å²) in [4.78, 5) is 0. The van der Waals surface area contributed by atoms with Gasteiger partial charge in [0.15, 0.2) is 0 Å². The van der Waals surface area contributed by atoms with Crippen molar-refractivity contribution in [2.45, 2.75) is 0 Å². The normalized spacial score (nSPS) is 0. The SMILES string of the molecule is Cl.N.N.N.N.O.O.[Pt]. The Morgan fingerprint density at radius 3 is 0.500 bits per heavy atom. The van der Waals surface area contributed by atoms with Gasteiger partial charge in [-0.3, -0.25) is 0 Å². The van der Waals surface area contributed by atoms with Crippen molar-refractivity contribution < 1.29 is 32.0 Å². The van der Waals surface area contributed by atoms with Gasteiger partial charge in [-0.05, 0) is 0 Å². The van der Waals surface area contributed by atoms with Crippen LogP contribution in [0.15, 0.2) is 0 Å². The molecule has 0 aromatic heterocycles. The number of halogens is 1. The Hall–Kier alpha value is 0.738. The summed E-state index contributed by atoms with van der Waals surface area (Å²) < 4.78 is 0. The smallest absolute Gasteiger partial charge is 0 e. The van der Waals surface area contributed by atoms with Gasteiger partial charge in [0, 0.05) is 21.1 Å². The summed E-state index contributed by atoms with van der Waals surface area (Å²) in [5.74, 6) is 0.